The van der Waals surface area contributed by atoms with Crippen molar-refractivity contribution >= 4 is 0 Å². The van der Waals surface area contributed by atoms with Crippen molar-refractivity contribution in [2.24, 2.45) is 5.41 Å². The molecule has 2 aliphatic rings. The van der Waals surface area contributed by atoms with Crippen molar-refractivity contribution in [2.75, 3.05) is 34.2 Å². The monoisotopic (exact) mass is 254 g/mol. The molecule has 2 fully saturated rings. The van der Waals surface area contributed by atoms with Crippen LogP contribution in [-0.4, -0.2) is 61.3 Å². The highest BCUT2D eigenvalue weighted by Gasteiger charge is 2.46. The molecule has 106 valence electrons. The van der Waals surface area contributed by atoms with Crippen LogP contribution in [0.1, 0.15) is 44.9 Å². The maximum Gasteiger partial charge on any atom is 0.0555 e. The molecule has 3 nitrogen and oxygen atoms in total. The van der Waals surface area contributed by atoms with Gasteiger partial charge in [0.1, 0.15) is 0 Å². The quantitative estimate of drug-likeness (QED) is 0.831. The summed E-state index contributed by atoms with van der Waals surface area (Å²) in [5.74, 6) is 0. The van der Waals surface area contributed by atoms with E-state index in [2.05, 4.69) is 30.9 Å². The number of aliphatic hydroxyl groups excluding tert-OH is 1. The number of rotatable bonds is 4. The molecule has 2 atom stereocenters. The molecule has 1 spiro atoms. The molecular formula is C15H30N2O. The number of hydrogen-bond donors (Lipinski definition) is 1. The Balaban J connectivity index is 2.00. The molecule has 0 aliphatic heterocycles. The molecular weight excluding hydrogens is 224 g/mol. The number of aliphatic hydroxyl groups is 1. The third kappa shape index (κ3) is 3.06. The standard InChI is InChI=1S/C15H30N2O/c1-16(2)10-11-17(3)14-12-13(18)6-9-15(14)7-4-5-8-15/h13-14,18H,4-12H2,1-3H3. The van der Waals surface area contributed by atoms with Gasteiger partial charge in [0, 0.05) is 19.1 Å². The fourth-order valence-corrected chi connectivity index (χ4v) is 4.07. The van der Waals surface area contributed by atoms with Crippen LogP contribution in [0.25, 0.3) is 0 Å². The second kappa shape index (κ2) is 5.89. The first-order valence-electron chi connectivity index (χ1n) is 7.56. The van der Waals surface area contributed by atoms with Crippen LogP contribution in [0, 0.1) is 5.41 Å². The Hall–Kier alpha value is -0.120. The van der Waals surface area contributed by atoms with Gasteiger partial charge in [-0.1, -0.05) is 12.8 Å². The zero-order chi connectivity index (χ0) is 13.2. The fraction of sp³-hybridized carbons (Fsp3) is 1.00. The number of hydrogen-bond acceptors (Lipinski definition) is 3. The van der Waals surface area contributed by atoms with E-state index in [1.807, 2.05) is 0 Å². The van der Waals surface area contributed by atoms with Crippen molar-refractivity contribution in [3.63, 3.8) is 0 Å². The zero-order valence-electron chi connectivity index (χ0n) is 12.4. The summed E-state index contributed by atoms with van der Waals surface area (Å²) in [5.41, 5.74) is 0.528. The molecule has 1 N–H and O–H groups in total. The molecule has 0 bridgehead atoms. The molecule has 0 aromatic heterocycles. The normalized spacial score (nSPS) is 31.7. The Morgan fingerprint density at radius 3 is 2.33 bits per heavy atom. The van der Waals surface area contributed by atoms with Gasteiger partial charge in [-0.3, -0.25) is 0 Å². The molecule has 0 saturated heterocycles. The zero-order valence-corrected chi connectivity index (χ0v) is 12.4. The van der Waals surface area contributed by atoms with Gasteiger partial charge in [0.25, 0.3) is 0 Å². The van der Waals surface area contributed by atoms with Crippen LogP contribution in [0.3, 0.4) is 0 Å². The summed E-state index contributed by atoms with van der Waals surface area (Å²) in [6.07, 6.45) is 8.76. The van der Waals surface area contributed by atoms with E-state index in [-0.39, 0.29) is 6.10 Å². The smallest absolute Gasteiger partial charge is 0.0555 e. The highest BCUT2D eigenvalue weighted by molar-refractivity contribution is 4.99. The van der Waals surface area contributed by atoms with Gasteiger partial charge in [-0.2, -0.15) is 0 Å². The first-order chi connectivity index (χ1) is 8.53. The van der Waals surface area contributed by atoms with Crippen molar-refractivity contribution < 1.29 is 5.11 Å². The second-order valence-electron chi connectivity index (χ2n) is 6.80. The van der Waals surface area contributed by atoms with Gasteiger partial charge < -0.3 is 14.9 Å². The topological polar surface area (TPSA) is 26.7 Å². The van der Waals surface area contributed by atoms with E-state index in [1.165, 1.54) is 32.1 Å². The van der Waals surface area contributed by atoms with E-state index in [0.29, 0.717) is 11.5 Å². The summed E-state index contributed by atoms with van der Waals surface area (Å²) in [7, 11) is 6.52. The highest BCUT2D eigenvalue weighted by atomic mass is 16.3. The van der Waals surface area contributed by atoms with Crippen molar-refractivity contribution in [2.45, 2.75) is 57.1 Å². The summed E-state index contributed by atoms with van der Waals surface area (Å²) in [5, 5.41) is 10.0. The van der Waals surface area contributed by atoms with E-state index >= 15 is 0 Å². The van der Waals surface area contributed by atoms with Gasteiger partial charge in [-0.05, 0) is 58.7 Å². The molecule has 0 heterocycles. The van der Waals surface area contributed by atoms with Gasteiger partial charge in [-0.15, -0.1) is 0 Å². The maximum atomic E-state index is 10.0. The van der Waals surface area contributed by atoms with Gasteiger partial charge in [-0.25, -0.2) is 0 Å². The summed E-state index contributed by atoms with van der Waals surface area (Å²) in [6, 6.07) is 0.601. The Morgan fingerprint density at radius 1 is 1.06 bits per heavy atom. The molecule has 2 unspecified atom stereocenters. The van der Waals surface area contributed by atoms with E-state index in [0.717, 1.165) is 25.9 Å². The van der Waals surface area contributed by atoms with Crippen LogP contribution in [0.4, 0.5) is 0 Å². The van der Waals surface area contributed by atoms with Crippen molar-refractivity contribution in [1.82, 2.24) is 9.80 Å². The van der Waals surface area contributed by atoms with Crippen molar-refractivity contribution in [3.05, 3.63) is 0 Å². The summed E-state index contributed by atoms with van der Waals surface area (Å²) in [6.45, 7) is 2.23. The molecule has 0 aromatic rings. The SMILES string of the molecule is CN(C)CCN(C)C1CC(O)CCC12CCCC2. The Bertz CT molecular complexity index is 261. The molecule has 2 aliphatic carbocycles. The lowest BCUT2D eigenvalue weighted by atomic mass is 9.67. The maximum absolute atomic E-state index is 10.0. The first-order valence-corrected chi connectivity index (χ1v) is 7.56. The van der Waals surface area contributed by atoms with E-state index in [4.69, 9.17) is 0 Å². The van der Waals surface area contributed by atoms with Crippen LogP contribution >= 0.6 is 0 Å². The molecule has 0 amide bonds. The average molecular weight is 254 g/mol. The summed E-state index contributed by atoms with van der Waals surface area (Å²) in [4.78, 5) is 4.77. The Labute approximate surface area is 112 Å². The van der Waals surface area contributed by atoms with E-state index in [1.54, 1.807) is 0 Å². The molecule has 0 aromatic carbocycles. The van der Waals surface area contributed by atoms with Gasteiger partial charge in [0.05, 0.1) is 6.10 Å². The lowest BCUT2D eigenvalue weighted by Gasteiger charge is -2.48. The second-order valence-corrected chi connectivity index (χ2v) is 6.80. The largest absolute Gasteiger partial charge is 0.393 e. The molecule has 2 saturated carbocycles. The highest BCUT2D eigenvalue weighted by Crippen LogP contribution is 2.50. The minimum Gasteiger partial charge on any atom is -0.393 e. The van der Waals surface area contributed by atoms with Gasteiger partial charge >= 0.3 is 0 Å². The summed E-state index contributed by atoms with van der Waals surface area (Å²) >= 11 is 0. The van der Waals surface area contributed by atoms with Crippen molar-refractivity contribution in [1.29, 1.82) is 0 Å². The predicted octanol–water partition coefficient (Wildman–Crippen LogP) is 1.95. The average Bonchev–Trinajstić information content (AvgIpc) is 2.79. The third-order valence-electron chi connectivity index (χ3n) is 5.21. The lowest BCUT2D eigenvalue weighted by Crippen LogP contribution is -2.51. The van der Waals surface area contributed by atoms with Crippen LogP contribution in [0.2, 0.25) is 0 Å². The van der Waals surface area contributed by atoms with E-state index in [9.17, 15) is 5.11 Å². The fourth-order valence-electron chi connectivity index (χ4n) is 4.07. The lowest BCUT2D eigenvalue weighted by molar-refractivity contribution is -0.0180. The summed E-state index contributed by atoms with van der Waals surface area (Å²) < 4.78 is 0. The van der Waals surface area contributed by atoms with Crippen LogP contribution < -0.4 is 0 Å². The molecule has 2 rings (SSSR count). The minimum absolute atomic E-state index is 0.0666. The third-order valence-corrected chi connectivity index (χ3v) is 5.21. The van der Waals surface area contributed by atoms with Crippen LogP contribution in [0.15, 0.2) is 0 Å². The van der Waals surface area contributed by atoms with E-state index < -0.39 is 0 Å². The predicted molar refractivity (Wildman–Crippen MR) is 75.7 cm³/mol. The molecule has 3 heteroatoms. The van der Waals surface area contributed by atoms with Crippen LogP contribution in [0.5, 0.6) is 0 Å². The van der Waals surface area contributed by atoms with Crippen molar-refractivity contribution in [3.8, 4) is 0 Å². The minimum atomic E-state index is -0.0666. The molecule has 18 heavy (non-hydrogen) atoms. The number of likely N-dealkylation sites (N-methyl/N-ethyl adjacent to an activating group) is 2. The molecule has 0 radical (unpaired) electrons. The Kier molecular flexibility index (Phi) is 4.68. The van der Waals surface area contributed by atoms with Gasteiger partial charge in [0.2, 0.25) is 0 Å². The Morgan fingerprint density at radius 2 is 1.72 bits per heavy atom. The van der Waals surface area contributed by atoms with Gasteiger partial charge in [0.15, 0.2) is 0 Å². The first kappa shape index (κ1) is 14.3. The van der Waals surface area contributed by atoms with Crippen LogP contribution in [-0.2, 0) is 0 Å². The number of nitrogens with zero attached hydrogens (tertiary/aromatic N) is 2.